The summed E-state index contributed by atoms with van der Waals surface area (Å²) in [6.45, 7) is 3.55. The van der Waals surface area contributed by atoms with Crippen molar-refractivity contribution >= 4 is 28.3 Å². The van der Waals surface area contributed by atoms with Crippen LogP contribution in [0.25, 0.3) is 11.5 Å². The Balaban J connectivity index is 1.99. The van der Waals surface area contributed by atoms with Crippen LogP contribution in [0.15, 0.2) is 21.9 Å². The van der Waals surface area contributed by atoms with Crippen LogP contribution in [0, 0.1) is 0 Å². The van der Waals surface area contributed by atoms with E-state index >= 15 is 0 Å². The van der Waals surface area contributed by atoms with Crippen molar-refractivity contribution in [3.05, 3.63) is 23.3 Å². The van der Waals surface area contributed by atoms with E-state index < -0.39 is 0 Å². The van der Waals surface area contributed by atoms with Crippen molar-refractivity contribution in [2.24, 2.45) is 5.73 Å². The van der Waals surface area contributed by atoms with E-state index in [9.17, 15) is 9.59 Å². The monoisotopic (exact) mass is 322 g/mol. The highest BCUT2D eigenvalue weighted by atomic mass is 32.1. The molecule has 0 aromatic carbocycles. The van der Waals surface area contributed by atoms with Crippen LogP contribution in [0.2, 0.25) is 0 Å². The molecule has 0 aliphatic carbocycles. The largest absolute Gasteiger partial charge is 0.458 e. The van der Waals surface area contributed by atoms with Crippen LogP contribution in [0.3, 0.4) is 0 Å². The topological polar surface area (TPSA) is 110 Å². The molecule has 7 nitrogen and oxygen atoms in total. The van der Waals surface area contributed by atoms with Crippen LogP contribution in [0.1, 0.15) is 26.0 Å². The molecule has 0 bridgehead atoms. The lowest BCUT2D eigenvalue weighted by Crippen LogP contribution is -2.23. The van der Waals surface area contributed by atoms with E-state index in [2.05, 4.69) is 15.6 Å². The van der Waals surface area contributed by atoms with Crippen molar-refractivity contribution in [2.45, 2.75) is 32.9 Å². The number of furan rings is 1. The van der Waals surface area contributed by atoms with Crippen LogP contribution in [0.5, 0.6) is 0 Å². The zero-order chi connectivity index (χ0) is 16.1. The van der Waals surface area contributed by atoms with E-state index in [-0.39, 0.29) is 24.3 Å². The molecule has 118 valence electrons. The van der Waals surface area contributed by atoms with Crippen LogP contribution >= 0.6 is 11.3 Å². The third-order valence-electron chi connectivity index (χ3n) is 2.68. The number of aromatic nitrogens is 1. The third kappa shape index (κ3) is 4.68. The maximum atomic E-state index is 11.6. The maximum absolute atomic E-state index is 11.6. The number of amides is 2. The number of thiazole rings is 1. The standard InChI is InChI=1S/C14H18N4O3S/c1-8(15)5-13(20)18-14-17-11(7-22-14)12-4-3-10(21-12)6-16-9(2)19/h3-4,7-8H,5-6,15H2,1-2H3,(H,16,19)(H,17,18,20). The Morgan fingerprint density at radius 1 is 1.45 bits per heavy atom. The van der Waals surface area contributed by atoms with Crippen LogP contribution in [-0.4, -0.2) is 22.8 Å². The van der Waals surface area contributed by atoms with Gasteiger partial charge in [0.15, 0.2) is 10.9 Å². The first kappa shape index (κ1) is 16.2. The molecule has 8 heteroatoms. The van der Waals surface area contributed by atoms with Gasteiger partial charge in [-0.25, -0.2) is 4.98 Å². The fourth-order valence-corrected chi connectivity index (χ4v) is 2.45. The summed E-state index contributed by atoms with van der Waals surface area (Å²) in [5.74, 6) is 0.942. The molecular weight excluding hydrogens is 304 g/mol. The summed E-state index contributed by atoms with van der Waals surface area (Å²) in [6, 6.07) is 3.36. The quantitative estimate of drug-likeness (QED) is 0.750. The van der Waals surface area contributed by atoms with Gasteiger partial charge in [0.05, 0.1) is 6.54 Å². The van der Waals surface area contributed by atoms with Crippen molar-refractivity contribution < 1.29 is 14.0 Å². The molecule has 4 N–H and O–H groups in total. The van der Waals surface area contributed by atoms with Crippen molar-refractivity contribution in [1.29, 1.82) is 0 Å². The molecule has 1 unspecified atom stereocenters. The summed E-state index contributed by atoms with van der Waals surface area (Å²) in [6.07, 6.45) is 0.247. The molecule has 2 aromatic rings. The third-order valence-corrected chi connectivity index (χ3v) is 3.44. The lowest BCUT2D eigenvalue weighted by atomic mass is 10.2. The van der Waals surface area contributed by atoms with E-state index in [0.717, 1.165) is 0 Å². The van der Waals surface area contributed by atoms with Crippen LogP contribution < -0.4 is 16.4 Å². The fraction of sp³-hybridized carbons (Fsp3) is 0.357. The van der Waals surface area contributed by atoms with E-state index in [1.165, 1.54) is 18.3 Å². The molecule has 0 saturated heterocycles. The summed E-state index contributed by atoms with van der Waals surface area (Å²) in [5.41, 5.74) is 6.21. The normalized spacial score (nSPS) is 12.0. The Bertz CT molecular complexity index is 663. The average Bonchev–Trinajstić information content (AvgIpc) is 3.03. The van der Waals surface area contributed by atoms with Gasteiger partial charge in [-0.2, -0.15) is 0 Å². The van der Waals surface area contributed by atoms with Gasteiger partial charge >= 0.3 is 0 Å². The average molecular weight is 322 g/mol. The molecule has 2 aromatic heterocycles. The Kier molecular flexibility index (Phi) is 5.29. The lowest BCUT2D eigenvalue weighted by molar-refractivity contribution is -0.119. The highest BCUT2D eigenvalue weighted by molar-refractivity contribution is 7.14. The van der Waals surface area contributed by atoms with Gasteiger partial charge in [0.1, 0.15) is 11.5 Å². The first-order valence-corrected chi connectivity index (χ1v) is 7.66. The highest BCUT2D eigenvalue weighted by Gasteiger charge is 2.12. The molecule has 0 aliphatic heterocycles. The molecule has 2 amide bonds. The Hall–Kier alpha value is -2.19. The van der Waals surface area contributed by atoms with Crippen molar-refractivity contribution in [3.8, 4) is 11.5 Å². The number of nitrogens with two attached hydrogens (primary N) is 1. The van der Waals surface area contributed by atoms with Gasteiger partial charge in [-0.05, 0) is 19.1 Å². The van der Waals surface area contributed by atoms with Crippen molar-refractivity contribution in [2.75, 3.05) is 5.32 Å². The fourth-order valence-electron chi connectivity index (χ4n) is 1.73. The summed E-state index contributed by atoms with van der Waals surface area (Å²) < 4.78 is 5.60. The summed E-state index contributed by atoms with van der Waals surface area (Å²) in [7, 11) is 0. The zero-order valence-electron chi connectivity index (χ0n) is 12.4. The number of anilines is 1. The second-order valence-corrected chi connectivity index (χ2v) is 5.80. The molecule has 0 fully saturated rings. The van der Waals surface area contributed by atoms with E-state index in [0.29, 0.717) is 28.9 Å². The number of hydrogen-bond acceptors (Lipinski definition) is 6. The molecule has 22 heavy (non-hydrogen) atoms. The molecule has 2 heterocycles. The summed E-state index contributed by atoms with van der Waals surface area (Å²) >= 11 is 1.31. The molecule has 0 aliphatic rings. The minimum Gasteiger partial charge on any atom is -0.458 e. The predicted molar refractivity (Wildman–Crippen MR) is 84.2 cm³/mol. The molecule has 1 atom stereocenters. The summed E-state index contributed by atoms with van der Waals surface area (Å²) in [4.78, 5) is 26.8. The SMILES string of the molecule is CC(=O)NCc1ccc(-c2csc(NC(=O)CC(C)N)n2)o1. The lowest BCUT2D eigenvalue weighted by Gasteiger charge is -2.03. The molecular formula is C14H18N4O3S. The number of nitrogens with one attached hydrogen (secondary N) is 2. The van der Waals surface area contributed by atoms with Gasteiger partial charge < -0.3 is 20.8 Å². The molecule has 0 saturated carbocycles. The minimum atomic E-state index is -0.194. The van der Waals surface area contributed by atoms with Gasteiger partial charge in [-0.3, -0.25) is 9.59 Å². The molecule has 0 radical (unpaired) electrons. The van der Waals surface area contributed by atoms with E-state index in [1.807, 2.05) is 0 Å². The summed E-state index contributed by atoms with van der Waals surface area (Å²) in [5, 5.41) is 7.65. The number of hydrogen-bond donors (Lipinski definition) is 3. The van der Waals surface area contributed by atoms with Gasteiger partial charge in [0.2, 0.25) is 11.8 Å². The highest BCUT2D eigenvalue weighted by Crippen LogP contribution is 2.26. The molecule has 2 rings (SSSR count). The first-order chi connectivity index (χ1) is 10.4. The van der Waals surface area contributed by atoms with E-state index in [1.54, 1.807) is 24.4 Å². The predicted octanol–water partition coefficient (Wildman–Crippen LogP) is 1.71. The number of nitrogens with zero attached hydrogens (tertiary/aromatic N) is 1. The van der Waals surface area contributed by atoms with Crippen LogP contribution in [0.4, 0.5) is 5.13 Å². The van der Waals surface area contributed by atoms with Gasteiger partial charge in [-0.15, -0.1) is 11.3 Å². The Morgan fingerprint density at radius 2 is 2.23 bits per heavy atom. The van der Waals surface area contributed by atoms with Gasteiger partial charge in [-0.1, -0.05) is 0 Å². The van der Waals surface area contributed by atoms with Gasteiger partial charge in [0, 0.05) is 24.8 Å². The van der Waals surface area contributed by atoms with Gasteiger partial charge in [0.25, 0.3) is 0 Å². The van der Waals surface area contributed by atoms with Crippen molar-refractivity contribution in [3.63, 3.8) is 0 Å². The van der Waals surface area contributed by atoms with Crippen LogP contribution in [-0.2, 0) is 16.1 Å². The number of rotatable bonds is 6. The minimum absolute atomic E-state index is 0.120. The second kappa shape index (κ2) is 7.19. The smallest absolute Gasteiger partial charge is 0.227 e. The number of carbonyl (C=O) groups is 2. The van der Waals surface area contributed by atoms with E-state index in [4.69, 9.17) is 10.2 Å². The maximum Gasteiger partial charge on any atom is 0.227 e. The zero-order valence-corrected chi connectivity index (χ0v) is 13.2. The Morgan fingerprint density at radius 3 is 2.91 bits per heavy atom. The van der Waals surface area contributed by atoms with Crippen molar-refractivity contribution in [1.82, 2.24) is 10.3 Å². The first-order valence-electron chi connectivity index (χ1n) is 6.78. The number of carbonyl (C=O) groups excluding carboxylic acids is 2. The second-order valence-electron chi connectivity index (χ2n) is 4.94. The Labute approximate surface area is 131 Å². The molecule has 0 spiro atoms.